The highest BCUT2D eigenvalue weighted by Gasteiger charge is 2.37. The van der Waals surface area contributed by atoms with Crippen LogP contribution in [0.1, 0.15) is 11.1 Å². The largest absolute Gasteiger partial charge is 0.330 e. The molecule has 0 atom stereocenters. The molecule has 6 nitrogen and oxygen atoms in total. The van der Waals surface area contributed by atoms with Crippen molar-refractivity contribution >= 4 is 67.2 Å². The standard InChI is InChI=1S/C13H10Cl3N3O3S2/c14-13(15,16)11(20)19-6-8-1-2-10(5-9(8)7-19)24(21,22)18-12-17-3-4-23-12/h1-5H,6-7H2,(H,17,18). The summed E-state index contributed by atoms with van der Waals surface area (Å²) in [5.41, 5.74) is 1.51. The number of nitrogens with one attached hydrogen (secondary N) is 1. The molecule has 1 aromatic heterocycles. The van der Waals surface area contributed by atoms with Crippen LogP contribution < -0.4 is 4.72 Å². The van der Waals surface area contributed by atoms with Crippen molar-refractivity contribution in [3.63, 3.8) is 0 Å². The number of anilines is 1. The fraction of sp³-hybridized carbons (Fsp3) is 0.231. The van der Waals surface area contributed by atoms with Crippen LogP contribution in [0.5, 0.6) is 0 Å². The first-order valence-corrected chi connectivity index (χ1v) is 10.1. The molecule has 128 valence electrons. The van der Waals surface area contributed by atoms with Gasteiger partial charge >= 0.3 is 0 Å². The third-order valence-corrected chi connectivity index (χ3v) is 6.03. The van der Waals surface area contributed by atoms with Gasteiger partial charge in [-0.2, -0.15) is 0 Å². The van der Waals surface area contributed by atoms with Crippen molar-refractivity contribution in [3.8, 4) is 0 Å². The van der Waals surface area contributed by atoms with E-state index in [0.29, 0.717) is 5.56 Å². The number of nitrogens with zero attached hydrogens (tertiary/aromatic N) is 2. The summed E-state index contributed by atoms with van der Waals surface area (Å²) >= 11 is 18.0. The molecule has 0 unspecified atom stereocenters. The first-order valence-electron chi connectivity index (χ1n) is 6.57. The Bertz CT molecular complexity index is 880. The van der Waals surface area contributed by atoms with Crippen LogP contribution in [0.15, 0.2) is 34.7 Å². The second-order valence-corrected chi connectivity index (χ2v) is 9.89. The monoisotopic (exact) mass is 425 g/mol. The Morgan fingerprint density at radius 3 is 2.58 bits per heavy atom. The third kappa shape index (κ3) is 3.62. The Kier molecular flexibility index (Phi) is 4.69. The zero-order valence-corrected chi connectivity index (χ0v) is 15.8. The van der Waals surface area contributed by atoms with Gasteiger partial charge in [0.15, 0.2) is 5.13 Å². The minimum Gasteiger partial charge on any atom is -0.330 e. The topological polar surface area (TPSA) is 79.4 Å². The predicted molar refractivity (Wildman–Crippen MR) is 93.9 cm³/mol. The molecular weight excluding hydrogens is 417 g/mol. The molecule has 3 rings (SSSR count). The lowest BCUT2D eigenvalue weighted by atomic mass is 10.1. The van der Waals surface area contributed by atoms with E-state index in [9.17, 15) is 13.2 Å². The number of halogens is 3. The zero-order chi connectivity index (χ0) is 17.5. The Labute approximate surface area is 157 Å². The number of carbonyl (C=O) groups is 1. The molecule has 0 radical (unpaired) electrons. The fourth-order valence-corrected chi connectivity index (χ4v) is 4.51. The molecule has 0 fully saturated rings. The summed E-state index contributed by atoms with van der Waals surface area (Å²) in [6, 6.07) is 4.63. The van der Waals surface area contributed by atoms with Gasteiger partial charge in [0.25, 0.3) is 19.7 Å². The van der Waals surface area contributed by atoms with Crippen LogP contribution in [0.2, 0.25) is 0 Å². The highest BCUT2D eigenvalue weighted by atomic mass is 35.6. The number of amides is 1. The maximum Gasteiger partial charge on any atom is 0.275 e. The number of fused-ring (bicyclic) bond motifs is 1. The Morgan fingerprint density at radius 1 is 1.25 bits per heavy atom. The lowest BCUT2D eigenvalue weighted by Gasteiger charge is -2.20. The molecule has 1 aromatic carbocycles. The van der Waals surface area contributed by atoms with E-state index in [0.717, 1.165) is 5.56 Å². The van der Waals surface area contributed by atoms with E-state index >= 15 is 0 Å². The predicted octanol–water partition coefficient (Wildman–Crippen LogP) is 3.16. The number of carbonyl (C=O) groups excluding carboxylic acids is 1. The lowest BCUT2D eigenvalue weighted by Crippen LogP contribution is -2.35. The van der Waals surface area contributed by atoms with E-state index in [2.05, 4.69) is 9.71 Å². The number of hydrogen-bond acceptors (Lipinski definition) is 5. The molecule has 2 heterocycles. The van der Waals surface area contributed by atoms with Crippen LogP contribution in [0, 0.1) is 0 Å². The van der Waals surface area contributed by atoms with Gasteiger partial charge in [0.05, 0.1) is 4.90 Å². The molecule has 0 aliphatic carbocycles. The first-order chi connectivity index (χ1) is 11.2. The molecule has 24 heavy (non-hydrogen) atoms. The average molecular weight is 427 g/mol. The second-order valence-electron chi connectivity index (χ2n) is 5.03. The van der Waals surface area contributed by atoms with Gasteiger partial charge in [0, 0.05) is 24.7 Å². The number of benzene rings is 1. The van der Waals surface area contributed by atoms with Gasteiger partial charge in [0.1, 0.15) is 0 Å². The van der Waals surface area contributed by atoms with E-state index in [4.69, 9.17) is 34.8 Å². The molecule has 0 spiro atoms. The molecule has 1 aliphatic heterocycles. The quantitative estimate of drug-likeness (QED) is 0.765. The molecule has 2 aromatic rings. The van der Waals surface area contributed by atoms with Crippen molar-refractivity contribution < 1.29 is 13.2 Å². The molecule has 0 saturated heterocycles. The van der Waals surface area contributed by atoms with Crippen molar-refractivity contribution in [2.75, 3.05) is 4.72 Å². The number of alkyl halides is 3. The molecule has 1 aliphatic rings. The summed E-state index contributed by atoms with van der Waals surface area (Å²) in [4.78, 5) is 17.4. The normalized spacial score (nSPS) is 14.5. The summed E-state index contributed by atoms with van der Waals surface area (Å²) < 4.78 is 25.1. The van der Waals surface area contributed by atoms with Gasteiger partial charge in [-0.15, -0.1) is 11.3 Å². The molecule has 1 N–H and O–H groups in total. The number of hydrogen-bond donors (Lipinski definition) is 1. The van der Waals surface area contributed by atoms with Gasteiger partial charge in [-0.1, -0.05) is 40.9 Å². The number of sulfonamides is 1. The SMILES string of the molecule is O=C(N1Cc2ccc(S(=O)(=O)Nc3nccs3)cc2C1)C(Cl)(Cl)Cl. The lowest BCUT2D eigenvalue weighted by molar-refractivity contribution is -0.130. The van der Waals surface area contributed by atoms with Crippen molar-refractivity contribution in [3.05, 3.63) is 40.9 Å². The van der Waals surface area contributed by atoms with Crippen LogP contribution >= 0.6 is 46.1 Å². The van der Waals surface area contributed by atoms with Gasteiger partial charge in [-0.3, -0.25) is 9.52 Å². The van der Waals surface area contributed by atoms with E-state index in [1.165, 1.54) is 34.6 Å². The van der Waals surface area contributed by atoms with Crippen LogP contribution in [0.3, 0.4) is 0 Å². The molecule has 11 heteroatoms. The summed E-state index contributed by atoms with van der Waals surface area (Å²) in [6.07, 6.45) is 1.51. The minimum atomic E-state index is -3.75. The summed E-state index contributed by atoms with van der Waals surface area (Å²) in [6.45, 7) is 0.449. The zero-order valence-electron chi connectivity index (χ0n) is 11.9. The maximum atomic E-state index is 12.4. The Morgan fingerprint density at radius 2 is 1.96 bits per heavy atom. The molecule has 0 saturated carbocycles. The maximum absolute atomic E-state index is 12.4. The van der Waals surface area contributed by atoms with Crippen LogP contribution in [-0.4, -0.2) is 28.0 Å². The molecular formula is C13H10Cl3N3O3S2. The number of aromatic nitrogens is 1. The van der Waals surface area contributed by atoms with Crippen molar-refractivity contribution in [2.45, 2.75) is 21.8 Å². The first kappa shape index (κ1) is 17.8. The van der Waals surface area contributed by atoms with Crippen molar-refractivity contribution in [1.29, 1.82) is 0 Å². The Hall–Kier alpha value is -1.06. The van der Waals surface area contributed by atoms with Gasteiger partial charge in [0.2, 0.25) is 0 Å². The second kappa shape index (κ2) is 6.34. The summed E-state index contributed by atoms with van der Waals surface area (Å²) in [5, 5.41) is 1.95. The highest BCUT2D eigenvalue weighted by molar-refractivity contribution is 7.93. The van der Waals surface area contributed by atoms with E-state index in [1.807, 2.05) is 0 Å². The number of rotatable bonds is 3. The fourth-order valence-electron chi connectivity index (χ4n) is 2.31. The third-order valence-electron chi connectivity index (χ3n) is 3.39. The van der Waals surface area contributed by atoms with Gasteiger partial charge < -0.3 is 4.90 Å². The number of thiazole rings is 1. The van der Waals surface area contributed by atoms with Crippen molar-refractivity contribution in [2.24, 2.45) is 0 Å². The summed E-state index contributed by atoms with van der Waals surface area (Å²) in [7, 11) is -3.75. The van der Waals surface area contributed by atoms with Crippen LogP contribution in [0.4, 0.5) is 5.13 Å². The van der Waals surface area contributed by atoms with Crippen molar-refractivity contribution in [1.82, 2.24) is 9.88 Å². The van der Waals surface area contributed by atoms with E-state index in [-0.39, 0.29) is 23.1 Å². The van der Waals surface area contributed by atoms with Gasteiger partial charge in [-0.25, -0.2) is 13.4 Å². The highest BCUT2D eigenvalue weighted by Crippen LogP contribution is 2.33. The smallest absolute Gasteiger partial charge is 0.275 e. The van der Waals surface area contributed by atoms with Crippen LogP contribution in [0.25, 0.3) is 0 Å². The minimum absolute atomic E-state index is 0.0830. The van der Waals surface area contributed by atoms with Crippen LogP contribution in [-0.2, 0) is 27.9 Å². The van der Waals surface area contributed by atoms with Gasteiger partial charge in [-0.05, 0) is 23.3 Å². The molecule has 1 amide bonds. The Balaban J connectivity index is 1.83. The molecule has 0 bridgehead atoms. The summed E-state index contributed by atoms with van der Waals surface area (Å²) in [5.74, 6) is -0.644. The van der Waals surface area contributed by atoms with E-state index < -0.39 is 19.7 Å². The van der Waals surface area contributed by atoms with E-state index in [1.54, 1.807) is 11.4 Å². The average Bonchev–Trinajstić information content (AvgIpc) is 3.12.